The Bertz CT molecular complexity index is 1320. The second-order valence-corrected chi connectivity index (χ2v) is 6.56. The van der Waals surface area contributed by atoms with Crippen LogP contribution in [0, 0.1) is 0 Å². The highest BCUT2D eigenvalue weighted by Crippen LogP contribution is 2.33. The zero-order valence-electron chi connectivity index (χ0n) is 14.6. The van der Waals surface area contributed by atoms with Crippen molar-refractivity contribution in [2.75, 3.05) is 0 Å². The van der Waals surface area contributed by atoms with E-state index in [1.165, 1.54) is 0 Å². The standard InChI is InChI=1S/C25H16O2/c26-24-21-15-19-13-7-8-14-20(19)16-22(21)27-25(18-11-5-2-6-12-18)23(24)17-9-3-1-4-10-17/h1-16H. The molecule has 128 valence electrons. The first-order valence-corrected chi connectivity index (χ1v) is 8.92. The predicted octanol–water partition coefficient (Wildman–Crippen LogP) is 6.28. The van der Waals surface area contributed by atoms with Crippen molar-refractivity contribution in [2.45, 2.75) is 0 Å². The topological polar surface area (TPSA) is 30.2 Å². The summed E-state index contributed by atoms with van der Waals surface area (Å²) in [5.41, 5.74) is 2.96. The highest BCUT2D eigenvalue weighted by molar-refractivity contribution is 5.98. The maximum Gasteiger partial charge on any atom is 0.201 e. The van der Waals surface area contributed by atoms with Gasteiger partial charge in [0.15, 0.2) is 0 Å². The minimum atomic E-state index is -0.00736. The van der Waals surface area contributed by atoms with Gasteiger partial charge in [-0.15, -0.1) is 0 Å². The zero-order valence-corrected chi connectivity index (χ0v) is 14.6. The molecule has 2 nitrogen and oxygen atoms in total. The van der Waals surface area contributed by atoms with Crippen molar-refractivity contribution >= 4 is 21.7 Å². The van der Waals surface area contributed by atoms with Crippen molar-refractivity contribution in [3.8, 4) is 22.5 Å². The van der Waals surface area contributed by atoms with Gasteiger partial charge in [-0.1, -0.05) is 84.9 Å². The minimum absolute atomic E-state index is 0.00736. The van der Waals surface area contributed by atoms with Crippen LogP contribution in [0.1, 0.15) is 0 Å². The van der Waals surface area contributed by atoms with Crippen molar-refractivity contribution in [3.05, 3.63) is 107 Å². The highest BCUT2D eigenvalue weighted by atomic mass is 16.3. The van der Waals surface area contributed by atoms with E-state index in [2.05, 4.69) is 0 Å². The Morgan fingerprint density at radius 1 is 0.593 bits per heavy atom. The molecule has 0 saturated carbocycles. The molecule has 0 amide bonds. The number of fused-ring (bicyclic) bond motifs is 2. The van der Waals surface area contributed by atoms with Gasteiger partial charge in [-0.05, 0) is 28.5 Å². The molecule has 0 aliphatic heterocycles. The normalized spacial score (nSPS) is 11.1. The molecular formula is C25H16O2. The van der Waals surface area contributed by atoms with Gasteiger partial charge in [0.2, 0.25) is 5.43 Å². The fraction of sp³-hybridized carbons (Fsp3) is 0. The van der Waals surface area contributed by atoms with E-state index in [-0.39, 0.29) is 5.43 Å². The summed E-state index contributed by atoms with van der Waals surface area (Å²) in [6, 6.07) is 31.4. The Hall–Kier alpha value is -3.65. The largest absolute Gasteiger partial charge is 0.455 e. The van der Waals surface area contributed by atoms with Crippen molar-refractivity contribution in [1.29, 1.82) is 0 Å². The Morgan fingerprint density at radius 2 is 1.15 bits per heavy atom. The van der Waals surface area contributed by atoms with E-state index in [1.807, 2.05) is 97.1 Å². The summed E-state index contributed by atoms with van der Waals surface area (Å²) in [5.74, 6) is 0.606. The first-order chi connectivity index (χ1) is 13.3. The molecule has 5 aromatic rings. The molecule has 0 unspecified atom stereocenters. The van der Waals surface area contributed by atoms with Crippen LogP contribution in [0.3, 0.4) is 0 Å². The van der Waals surface area contributed by atoms with Crippen LogP contribution in [-0.2, 0) is 0 Å². The number of hydrogen-bond donors (Lipinski definition) is 0. The SMILES string of the molecule is O=c1c(-c2ccccc2)c(-c2ccccc2)oc2cc3ccccc3cc12. The molecule has 1 heterocycles. The van der Waals surface area contributed by atoms with E-state index in [4.69, 9.17) is 4.42 Å². The third-order valence-corrected chi connectivity index (χ3v) is 4.86. The molecule has 2 heteroatoms. The second-order valence-electron chi connectivity index (χ2n) is 6.56. The Balaban J connectivity index is 1.93. The molecule has 5 rings (SSSR count). The quantitative estimate of drug-likeness (QED) is 0.351. The first kappa shape index (κ1) is 15.6. The first-order valence-electron chi connectivity index (χ1n) is 8.92. The fourth-order valence-corrected chi connectivity index (χ4v) is 3.54. The molecule has 0 N–H and O–H groups in total. The van der Waals surface area contributed by atoms with Gasteiger partial charge in [-0.25, -0.2) is 0 Å². The molecule has 0 spiro atoms. The third-order valence-electron chi connectivity index (χ3n) is 4.86. The van der Waals surface area contributed by atoms with Gasteiger partial charge in [0.05, 0.1) is 10.9 Å². The highest BCUT2D eigenvalue weighted by Gasteiger charge is 2.18. The van der Waals surface area contributed by atoms with Gasteiger partial charge in [0.1, 0.15) is 11.3 Å². The van der Waals surface area contributed by atoms with Crippen LogP contribution in [0.15, 0.2) is 106 Å². The average Bonchev–Trinajstić information content (AvgIpc) is 2.74. The van der Waals surface area contributed by atoms with Crippen molar-refractivity contribution in [1.82, 2.24) is 0 Å². The summed E-state index contributed by atoms with van der Waals surface area (Å²) in [6.45, 7) is 0. The average molecular weight is 348 g/mol. The van der Waals surface area contributed by atoms with Gasteiger partial charge in [-0.3, -0.25) is 4.79 Å². The van der Waals surface area contributed by atoms with E-state index in [1.54, 1.807) is 0 Å². The van der Waals surface area contributed by atoms with E-state index in [0.717, 1.165) is 21.9 Å². The van der Waals surface area contributed by atoms with E-state index < -0.39 is 0 Å². The smallest absolute Gasteiger partial charge is 0.201 e. The summed E-state index contributed by atoms with van der Waals surface area (Å²) in [7, 11) is 0. The molecule has 0 radical (unpaired) electrons. The fourth-order valence-electron chi connectivity index (χ4n) is 3.54. The zero-order chi connectivity index (χ0) is 18.2. The van der Waals surface area contributed by atoms with Crippen LogP contribution in [0.25, 0.3) is 44.2 Å². The molecule has 0 bridgehead atoms. The maximum atomic E-state index is 13.5. The van der Waals surface area contributed by atoms with Crippen LogP contribution in [0.4, 0.5) is 0 Å². The molecule has 0 aliphatic carbocycles. The van der Waals surface area contributed by atoms with E-state index >= 15 is 0 Å². The van der Waals surface area contributed by atoms with Gasteiger partial charge in [0, 0.05) is 5.56 Å². The lowest BCUT2D eigenvalue weighted by Gasteiger charge is -2.11. The summed E-state index contributed by atoms with van der Waals surface area (Å²) < 4.78 is 6.32. The van der Waals surface area contributed by atoms with Crippen LogP contribution in [0.5, 0.6) is 0 Å². The number of benzene rings is 4. The maximum absolute atomic E-state index is 13.5. The predicted molar refractivity (Wildman–Crippen MR) is 111 cm³/mol. The minimum Gasteiger partial charge on any atom is -0.455 e. The lowest BCUT2D eigenvalue weighted by atomic mass is 9.97. The van der Waals surface area contributed by atoms with Gasteiger partial charge in [-0.2, -0.15) is 0 Å². The molecule has 0 saturated heterocycles. The van der Waals surface area contributed by atoms with E-state index in [0.29, 0.717) is 22.3 Å². The molecule has 0 aliphatic rings. The van der Waals surface area contributed by atoms with Crippen molar-refractivity contribution < 1.29 is 4.42 Å². The van der Waals surface area contributed by atoms with Crippen LogP contribution >= 0.6 is 0 Å². The summed E-state index contributed by atoms with van der Waals surface area (Å²) in [5, 5.41) is 2.69. The second kappa shape index (κ2) is 6.26. The summed E-state index contributed by atoms with van der Waals surface area (Å²) >= 11 is 0. The van der Waals surface area contributed by atoms with E-state index in [9.17, 15) is 4.79 Å². The Morgan fingerprint density at radius 3 is 1.81 bits per heavy atom. The molecule has 0 fully saturated rings. The summed E-state index contributed by atoms with van der Waals surface area (Å²) in [4.78, 5) is 13.5. The van der Waals surface area contributed by atoms with Crippen molar-refractivity contribution in [2.24, 2.45) is 0 Å². The number of rotatable bonds is 2. The monoisotopic (exact) mass is 348 g/mol. The summed E-state index contributed by atoms with van der Waals surface area (Å²) in [6.07, 6.45) is 0. The van der Waals surface area contributed by atoms with Crippen molar-refractivity contribution in [3.63, 3.8) is 0 Å². The Kier molecular flexibility index (Phi) is 3.61. The Labute approximate surface area is 156 Å². The van der Waals surface area contributed by atoms with Gasteiger partial charge in [0.25, 0.3) is 0 Å². The molecule has 0 atom stereocenters. The van der Waals surface area contributed by atoms with Gasteiger partial charge < -0.3 is 4.42 Å². The molecule has 1 aromatic heterocycles. The lowest BCUT2D eigenvalue weighted by Crippen LogP contribution is -2.07. The molecule has 4 aromatic carbocycles. The van der Waals surface area contributed by atoms with Crippen LogP contribution in [-0.4, -0.2) is 0 Å². The number of hydrogen-bond acceptors (Lipinski definition) is 2. The molecule has 27 heavy (non-hydrogen) atoms. The molecular weight excluding hydrogens is 332 g/mol. The van der Waals surface area contributed by atoms with Gasteiger partial charge >= 0.3 is 0 Å². The lowest BCUT2D eigenvalue weighted by molar-refractivity contribution is 0.621. The third kappa shape index (κ3) is 2.63. The van der Waals surface area contributed by atoms with Crippen LogP contribution < -0.4 is 5.43 Å². The van der Waals surface area contributed by atoms with Crippen LogP contribution in [0.2, 0.25) is 0 Å².